The molecule has 0 saturated heterocycles. The van der Waals surface area contributed by atoms with Crippen LogP contribution in [0.2, 0.25) is 0 Å². The van der Waals surface area contributed by atoms with E-state index in [-0.39, 0.29) is 36.4 Å². The number of amides is 1. The first-order chi connectivity index (χ1) is 18.1. The lowest BCUT2D eigenvalue weighted by Crippen LogP contribution is -2.18. The maximum atomic E-state index is 13.1. The van der Waals surface area contributed by atoms with Gasteiger partial charge in [0.15, 0.2) is 18.1 Å². The molecular formula is C27H31N5O6. The molecule has 0 aliphatic carbocycles. The second kappa shape index (κ2) is 12.5. The Bertz CT molecular complexity index is 1320. The van der Waals surface area contributed by atoms with Gasteiger partial charge in [-0.25, -0.2) is 9.78 Å². The number of hydrogen-bond donors (Lipinski definition) is 6. The van der Waals surface area contributed by atoms with Gasteiger partial charge in [-0.05, 0) is 74.4 Å². The molecule has 3 aromatic rings. The molecule has 3 rings (SSSR count). The van der Waals surface area contributed by atoms with Crippen molar-refractivity contribution in [3.8, 4) is 11.5 Å². The Morgan fingerprint density at radius 3 is 2.47 bits per heavy atom. The van der Waals surface area contributed by atoms with Crippen molar-refractivity contribution in [2.75, 3.05) is 17.2 Å². The van der Waals surface area contributed by atoms with E-state index in [0.29, 0.717) is 33.9 Å². The van der Waals surface area contributed by atoms with Gasteiger partial charge in [0.2, 0.25) is 0 Å². The molecule has 11 nitrogen and oxygen atoms in total. The van der Waals surface area contributed by atoms with Crippen molar-refractivity contribution in [3.63, 3.8) is 0 Å². The maximum absolute atomic E-state index is 13.1. The third-order valence-electron chi connectivity index (χ3n) is 5.25. The molecule has 0 saturated carbocycles. The smallest absolute Gasteiger partial charge is 0.341 e. The summed E-state index contributed by atoms with van der Waals surface area (Å²) in [4.78, 5) is 28.7. The van der Waals surface area contributed by atoms with Gasteiger partial charge in [0.05, 0.1) is 18.3 Å². The Balaban J connectivity index is 1.90. The number of anilines is 2. The summed E-state index contributed by atoms with van der Waals surface area (Å²) in [6.45, 7) is 4.70. The summed E-state index contributed by atoms with van der Waals surface area (Å²) in [5.41, 5.74) is 8.66. The molecule has 38 heavy (non-hydrogen) atoms. The average Bonchev–Trinajstić information content (AvgIpc) is 2.86. The summed E-state index contributed by atoms with van der Waals surface area (Å²) in [6.07, 6.45) is 1.38. The van der Waals surface area contributed by atoms with Crippen molar-refractivity contribution >= 4 is 29.2 Å². The largest absolute Gasteiger partial charge is 0.487 e. The average molecular weight is 522 g/mol. The molecule has 11 heteroatoms. The number of aliphatic carboxylic acids is 1. The fourth-order valence-corrected chi connectivity index (χ4v) is 3.58. The molecule has 0 aliphatic heterocycles. The van der Waals surface area contributed by atoms with Crippen LogP contribution in [-0.4, -0.2) is 45.6 Å². The quantitative estimate of drug-likeness (QED) is 0.154. The van der Waals surface area contributed by atoms with E-state index in [4.69, 9.17) is 25.7 Å². The van der Waals surface area contributed by atoms with Crippen LogP contribution in [0, 0.1) is 12.3 Å². The van der Waals surface area contributed by atoms with E-state index in [1.807, 2.05) is 20.8 Å². The monoisotopic (exact) mass is 521 g/mol. The van der Waals surface area contributed by atoms with E-state index in [9.17, 15) is 14.7 Å². The molecule has 0 spiro atoms. The highest BCUT2D eigenvalue weighted by molar-refractivity contribution is 6.07. The third-order valence-corrected chi connectivity index (χ3v) is 5.25. The Kier molecular flexibility index (Phi) is 9.23. The Hall–Kier alpha value is -4.64. The Labute approximate surface area is 220 Å². The van der Waals surface area contributed by atoms with Crippen LogP contribution < -0.4 is 25.8 Å². The number of aromatic nitrogens is 1. The number of amidine groups is 1. The van der Waals surface area contributed by atoms with Gasteiger partial charge in [0.25, 0.3) is 5.91 Å². The number of aliphatic hydroxyl groups is 1. The Morgan fingerprint density at radius 2 is 1.87 bits per heavy atom. The molecule has 0 atom stereocenters. The van der Waals surface area contributed by atoms with Crippen molar-refractivity contribution in [1.82, 2.24) is 4.98 Å². The van der Waals surface area contributed by atoms with Crippen LogP contribution in [0.15, 0.2) is 48.7 Å². The van der Waals surface area contributed by atoms with Gasteiger partial charge in [-0.3, -0.25) is 10.2 Å². The van der Waals surface area contributed by atoms with E-state index in [1.165, 1.54) is 0 Å². The number of hydrogen-bond acceptors (Lipinski definition) is 8. The number of ether oxygens (including phenoxy) is 2. The number of carbonyl (C=O) groups excluding carboxylic acids is 1. The number of nitrogen functional groups attached to an aromatic ring is 1. The molecule has 0 bridgehead atoms. The molecule has 0 fully saturated rings. The number of pyridine rings is 1. The Morgan fingerprint density at radius 1 is 1.16 bits per heavy atom. The van der Waals surface area contributed by atoms with Gasteiger partial charge in [0, 0.05) is 29.6 Å². The van der Waals surface area contributed by atoms with E-state index < -0.39 is 18.5 Å². The predicted octanol–water partition coefficient (Wildman–Crippen LogP) is 3.28. The molecule has 0 radical (unpaired) electrons. The molecule has 1 aromatic heterocycles. The number of nitrogens with one attached hydrogen (secondary N) is 3. The van der Waals surface area contributed by atoms with Crippen molar-refractivity contribution < 1.29 is 29.3 Å². The summed E-state index contributed by atoms with van der Waals surface area (Å²) >= 11 is 0. The normalized spacial score (nSPS) is 10.7. The highest BCUT2D eigenvalue weighted by Crippen LogP contribution is 2.35. The minimum Gasteiger partial charge on any atom is -0.487 e. The van der Waals surface area contributed by atoms with E-state index in [2.05, 4.69) is 15.6 Å². The minimum absolute atomic E-state index is 0.0730. The molecule has 200 valence electrons. The molecule has 1 heterocycles. The third kappa shape index (κ3) is 7.43. The SMILES string of the molecule is Cc1cnc(NCc2cc(CO)cc(OC(C)C)c2OCC(=O)O)c(C(=O)Nc2ccc(C(=N)N)cc2)c1. The predicted molar refractivity (Wildman–Crippen MR) is 143 cm³/mol. The van der Waals surface area contributed by atoms with Gasteiger partial charge < -0.3 is 36.1 Å². The van der Waals surface area contributed by atoms with Gasteiger partial charge in [-0.2, -0.15) is 0 Å². The van der Waals surface area contributed by atoms with E-state index in [1.54, 1.807) is 48.7 Å². The van der Waals surface area contributed by atoms with Gasteiger partial charge in [-0.1, -0.05) is 0 Å². The van der Waals surface area contributed by atoms with Crippen molar-refractivity contribution in [1.29, 1.82) is 5.41 Å². The van der Waals surface area contributed by atoms with E-state index >= 15 is 0 Å². The number of carbonyl (C=O) groups is 2. The second-order valence-corrected chi connectivity index (χ2v) is 8.80. The summed E-state index contributed by atoms with van der Waals surface area (Å²) in [6, 6.07) is 11.5. The summed E-state index contributed by atoms with van der Waals surface area (Å²) in [5, 5.41) is 32.3. The second-order valence-electron chi connectivity index (χ2n) is 8.80. The molecular weight excluding hydrogens is 490 g/mol. The number of carboxylic acids is 1. The number of nitrogens with zero attached hydrogens (tertiary/aromatic N) is 1. The first-order valence-corrected chi connectivity index (χ1v) is 11.8. The van der Waals surface area contributed by atoms with Crippen molar-refractivity contribution in [2.45, 2.75) is 40.0 Å². The molecule has 7 N–H and O–H groups in total. The molecule has 0 unspecified atom stereocenters. The lowest BCUT2D eigenvalue weighted by Gasteiger charge is -2.20. The number of rotatable bonds is 12. The van der Waals surface area contributed by atoms with Crippen molar-refractivity contribution in [3.05, 3.63) is 76.5 Å². The number of aliphatic hydroxyl groups excluding tert-OH is 1. The van der Waals surface area contributed by atoms with Crippen LogP contribution in [0.4, 0.5) is 11.5 Å². The molecule has 0 aliphatic rings. The minimum atomic E-state index is -1.15. The number of benzene rings is 2. The van der Waals surface area contributed by atoms with Crippen LogP contribution in [0.1, 0.15) is 46.5 Å². The van der Waals surface area contributed by atoms with Crippen LogP contribution in [0.25, 0.3) is 0 Å². The number of aryl methyl sites for hydroxylation is 1. The molecule has 1 amide bonds. The number of nitrogens with two attached hydrogens (primary N) is 1. The van der Waals surface area contributed by atoms with Crippen LogP contribution in [0.3, 0.4) is 0 Å². The van der Waals surface area contributed by atoms with Crippen LogP contribution >= 0.6 is 0 Å². The summed E-state index contributed by atoms with van der Waals surface area (Å²) in [7, 11) is 0. The highest BCUT2D eigenvalue weighted by atomic mass is 16.5. The first kappa shape index (κ1) is 27.9. The van der Waals surface area contributed by atoms with Gasteiger partial charge in [-0.15, -0.1) is 0 Å². The summed E-state index contributed by atoms with van der Waals surface area (Å²) in [5.74, 6) is -0.826. The molecule has 2 aromatic carbocycles. The number of carboxylic acid groups (broad SMARTS) is 1. The van der Waals surface area contributed by atoms with Crippen LogP contribution in [0.5, 0.6) is 11.5 Å². The fourth-order valence-electron chi connectivity index (χ4n) is 3.58. The van der Waals surface area contributed by atoms with E-state index in [0.717, 1.165) is 5.56 Å². The lowest BCUT2D eigenvalue weighted by molar-refractivity contribution is -0.139. The highest BCUT2D eigenvalue weighted by Gasteiger charge is 2.19. The standard InChI is InChI=1S/C27H31N5O6/c1-15(2)38-22-10-17(13-33)9-19(24(22)37-14-23(34)35)12-31-26-21(8-16(3)11-30-26)27(36)32-20-6-4-18(5-7-20)25(28)29/h4-11,15,33H,12-14H2,1-3H3,(H3,28,29)(H,30,31)(H,32,36)(H,34,35). The summed E-state index contributed by atoms with van der Waals surface area (Å²) < 4.78 is 11.4. The zero-order chi connectivity index (χ0) is 27.8. The maximum Gasteiger partial charge on any atom is 0.341 e. The van der Waals surface area contributed by atoms with Gasteiger partial charge >= 0.3 is 5.97 Å². The van der Waals surface area contributed by atoms with Crippen LogP contribution in [-0.2, 0) is 17.9 Å². The topological polar surface area (TPSA) is 180 Å². The zero-order valence-electron chi connectivity index (χ0n) is 21.4. The fraction of sp³-hybridized carbons (Fsp3) is 0.259. The first-order valence-electron chi connectivity index (χ1n) is 11.8. The van der Waals surface area contributed by atoms with Crippen molar-refractivity contribution in [2.24, 2.45) is 5.73 Å². The lowest BCUT2D eigenvalue weighted by atomic mass is 10.1. The zero-order valence-corrected chi connectivity index (χ0v) is 21.4. The van der Waals surface area contributed by atoms with Gasteiger partial charge in [0.1, 0.15) is 11.7 Å².